The molecule has 1 N–H and O–H groups in total. The van der Waals surface area contributed by atoms with Crippen LogP contribution in [0, 0.1) is 0 Å². The largest absolute Gasteiger partial charge is 0.462 e. The smallest absolute Gasteiger partial charge is 0.407 e. The van der Waals surface area contributed by atoms with Gasteiger partial charge in [-0.1, -0.05) is 198 Å². The highest BCUT2D eigenvalue weighted by Gasteiger charge is 2.22. The Hall–Kier alpha value is -3.14. The molecule has 2 unspecified atom stereocenters. The molecule has 0 fully saturated rings. The lowest BCUT2D eigenvalue weighted by molar-refractivity contribution is -0.167. The lowest BCUT2D eigenvalue weighted by atomic mass is 10.0. The number of rotatable bonds is 53. The second kappa shape index (κ2) is 54.6. The number of hydrogen-bond donors (Lipinski definition) is 1. The molecule has 0 aliphatic rings. The maximum atomic E-state index is 13.3. The number of nitrogens with one attached hydrogen (secondary N) is 1. The Labute approximate surface area is 437 Å². The van der Waals surface area contributed by atoms with Gasteiger partial charge in [-0.3, -0.25) is 14.4 Å². The summed E-state index contributed by atoms with van der Waals surface area (Å²) in [6.07, 6.45) is 53.8. The summed E-state index contributed by atoms with van der Waals surface area (Å²) in [7, 11) is 4.00. The Bertz CT molecular complexity index is 1300. The number of carbonyl (C=O) groups is 4. The number of ether oxygens (including phenoxy) is 4. The number of amides is 1. The molecule has 0 radical (unpaired) electrons. The third-order valence-corrected chi connectivity index (χ3v) is 13.0. The van der Waals surface area contributed by atoms with Crippen LogP contribution in [-0.4, -0.2) is 81.5 Å². The second-order valence-corrected chi connectivity index (χ2v) is 20.4. The molecule has 0 saturated heterocycles. The summed E-state index contributed by atoms with van der Waals surface area (Å²) in [5.74, 6) is -1.20. The fourth-order valence-electron chi connectivity index (χ4n) is 8.48. The van der Waals surface area contributed by atoms with Crippen molar-refractivity contribution >= 4 is 24.0 Å². The summed E-state index contributed by atoms with van der Waals surface area (Å²) in [6, 6.07) is 0. The van der Waals surface area contributed by atoms with E-state index in [9.17, 15) is 19.2 Å². The van der Waals surface area contributed by atoms with Crippen LogP contribution in [0.4, 0.5) is 4.79 Å². The van der Waals surface area contributed by atoms with Gasteiger partial charge in [0.25, 0.3) is 0 Å². The molecule has 0 saturated carbocycles. The molecule has 10 heteroatoms. The molecular formula is C61H112N2O8. The van der Waals surface area contributed by atoms with Gasteiger partial charge in [-0.15, -0.1) is 0 Å². The number of esters is 3. The molecule has 71 heavy (non-hydrogen) atoms. The van der Waals surface area contributed by atoms with Gasteiger partial charge in [-0.25, -0.2) is 4.79 Å². The third kappa shape index (κ3) is 53.0. The monoisotopic (exact) mass is 1000 g/mol. The normalized spacial score (nSPS) is 12.6. The quantitative estimate of drug-likeness (QED) is 0.0275. The minimum atomic E-state index is -0.921. The summed E-state index contributed by atoms with van der Waals surface area (Å²) in [4.78, 5) is 53.8. The Morgan fingerprint density at radius 1 is 0.408 bits per heavy atom. The average Bonchev–Trinajstić information content (AvgIpc) is 3.35. The molecule has 10 nitrogen and oxygen atoms in total. The van der Waals surface area contributed by atoms with E-state index >= 15 is 0 Å². The molecule has 0 bridgehead atoms. The minimum absolute atomic E-state index is 0.0234. The van der Waals surface area contributed by atoms with Gasteiger partial charge in [0.15, 0.2) is 6.10 Å². The predicted molar refractivity (Wildman–Crippen MR) is 298 cm³/mol. The van der Waals surface area contributed by atoms with Gasteiger partial charge < -0.3 is 29.2 Å². The van der Waals surface area contributed by atoms with E-state index < -0.39 is 24.3 Å². The maximum Gasteiger partial charge on any atom is 0.407 e. The van der Waals surface area contributed by atoms with E-state index in [-0.39, 0.29) is 38.0 Å². The number of alkyl carbamates (subject to hydrolysis) is 1. The standard InChI is InChI=1S/C61H112N2O8/c1-6-9-12-15-18-21-24-26-28-30-32-35-38-41-44-48-58(64)68-54-57(55-69-59(65)49-45-42-39-36-33-31-29-27-25-22-19-16-13-10-7-2)70-60(66)51-50-56(71-61(67)62-52-46-53-63(4)5)47-43-40-37-34-23-20-17-14-11-8-3/h18,21,26-29,56-57H,6-17,19-20,22-25,30-55H2,1-5H3,(H,62,67)/b21-18-,28-26-,29-27-. The van der Waals surface area contributed by atoms with Crippen molar-refractivity contribution in [2.45, 2.75) is 290 Å². The van der Waals surface area contributed by atoms with Crippen LogP contribution in [0.25, 0.3) is 0 Å². The fraction of sp³-hybridized carbons (Fsp3) is 0.836. The van der Waals surface area contributed by atoms with Crippen LogP contribution in [-0.2, 0) is 33.3 Å². The molecule has 0 aromatic heterocycles. The van der Waals surface area contributed by atoms with E-state index in [1.54, 1.807) is 0 Å². The first-order valence-electron chi connectivity index (χ1n) is 29.8. The molecule has 0 aliphatic carbocycles. The predicted octanol–water partition coefficient (Wildman–Crippen LogP) is 17.0. The molecule has 0 aromatic rings. The van der Waals surface area contributed by atoms with Crippen LogP contribution in [0.15, 0.2) is 36.5 Å². The molecule has 0 aliphatic heterocycles. The van der Waals surface area contributed by atoms with Crippen molar-refractivity contribution in [3.63, 3.8) is 0 Å². The van der Waals surface area contributed by atoms with Crippen molar-refractivity contribution < 1.29 is 38.1 Å². The van der Waals surface area contributed by atoms with Crippen molar-refractivity contribution in [3.05, 3.63) is 36.5 Å². The molecule has 2 atom stereocenters. The summed E-state index contributed by atoms with van der Waals surface area (Å²) in [5.41, 5.74) is 0. The second-order valence-electron chi connectivity index (χ2n) is 20.4. The number of unbranched alkanes of at least 4 members (excludes halogenated alkanes) is 28. The maximum absolute atomic E-state index is 13.3. The highest BCUT2D eigenvalue weighted by atomic mass is 16.6. The third-order valence-electron chi connectivity index (χ3n) is 13.0. The summed E-state index contributed by atoms with van der Waals surface area (Å²) in [5, 5.41) is 2.86. The molecule has 1 amide bonds. The van der Waals surface area contributed by atoms with Crippen molar-refractivity contribution in [1.82, 2.24) is 10.2 Å². The number of allylic oxidation sites excluding steroid dienone is 6. The molecule has 0 spiro atoms. The molecule has 414 valence electrons. The van der Waals surface area contributed by atoms with Crippen molar-refractivity contribution in [1.29, 1.82) is 0 Å². The molecule has 0 aromatic carbocycles. The van der Waals surface area contributed by atoms with Crippen molar-refractivity contribution in [2.24, 2.45) is 0 Å². The number of nitrogens with zero attached hydrogens (tertiary/aromatic N) is 1. The van der Waals surface area contributed by atoms with Crippen LogP contribution in [0.5, 0.6) is 0 Å². The van der Waals surface area contributed by atoms with E-state index in [0.29, 0.717) is 25.8 Å². The van der Waals surface area contributed by atoms with Crippen LogP contribution in [0.1, 0.15) is 278 Å². The van der Waals surface area contributed by atoms with E-state index in [0.717, 1.165) is 116 Å². The van der Waals surface area contributed by atoms with Gasteiger partial charge >= 0.3 is 24.0 Å². The van der Waals surface area contributed by atoms with Crippen molar-refractivity contribution in [2.75, 3.05) is 40.4 Å². The Morgan fingerprint density at radius 2 is 0.803 bits per heavy atom. The molecule has 0 heterocycles. The van der Waals surface area contributed by atoms with E-state index in [4.69, 9.17) is 18.9 Å². The van der Waals surface area contributed by atoms with Gasteiger partial charge in [0.2, 0.25) is 0 Å². The summed E-state index contributed by atoms with van der Waals surface area (Å²) < 4.78 is 22.8. The lowest BCUT2D eigenvalue weighted by Gasteiger charge is -2.20. The highest BCUT2D eigenvalue weighted by Crippen LogP contribution is 2.18. The molecule has 0 rings (SSSR count). The minimum Gasteiger partial charge on any atom is -0.462 e. The van der Waals surface area contributed by atoms with E-state index in [1.807, 2.05) is 14.1 Å². The van der Waals surface area contributed by atoms with Crippen molar-refractivity contribution in [3.8, 4) is 0 Å². The van der Waals surface area contributed by atoms with Crippen LogP contribution in [0.2, 0.25) is 0 Å². The van der Waals surface area contributed by atoms with Gasteiger partial charge in [0.05, 0.1) is 0 Å². The number of hydrogen-bond acceptors (Lipinski definition) is 9. The van der Waals surface area contributed by atoms with Crippen LogP contribution < -0.4 is 5.32 Å². The average molecular weight is 1000 g/mol. The zero-order chi connectivity index (χ0) is 51.9. The summed E-state index contributed by atoms with van der Waals surface area (Å²) >= 11 is 0. The van der Waals surface area contributed by atoms with Gasteiger partial charge in [0.1, 0.15) is 19.3 Å². The van der Waals surface area contributed by atoms with Gasteiger partial charge in [-0.2, -0.15) is 0 Å². The SMILES string of the molecule is CCCCC/C=C\C/C=C\CCCCCCCC(=O)OCC(COC(=O)CCCCCCC/C=C\CCCCCCCC)OC(=O)CCC(CCCCCCCCCCCC)OC(=O)NCCCN(C)C. The first-order chi connectivity index (χ1) is 34.7. The highest BCUT2D eigenvalue weighted by molar-refractivity contribution is 5.71. The number of carbonyl (C=O) groups excluding carboxylic acids is 4. The fourth-order valence-corrected chi connectivity index (χ4v) is 8.48. The first kappa shape index (κ1) is 67.9. The van der Waals surface area contributed by atoms with E-state index in [2.05, 4.69) is 67.4 Å². The topological polar surface area (TPSA) is 120 Å². The zero-order valence-electron chi connectivity index (χ0n) is 46.9. The Balaban J connectivity index is 5.05. The van der Waals surface area contributed by atoms with Crippen LogP contribution >= 0.6 is 0 Å². The Morgan fingerprint density at radius 3 is 1.27 bits per heavy atom. The molecular weight excluding hydrogens is 889 g/mol. The van der Waals surface area contributed by atoms with Gasteiger partial charge in [-0.05, 0) is 117 Å². The zero-order valence-corrected chi connectivity index (χ0v) is 46.9. The van der Waals surface area contributed by atoms with E-state index in [1.165, 1.54) is 116 Å². The summed E-state index contributed by atoms with van der Waals surface area (Å²) in [6.45, 7) is 7.73. The van der Waals surface area contributed by atoms with Gasteiger partial charge in [0, 0.05) is 25.8 Å². The first-order valence-corrected chi connectivity index (χ1v) is 29.8. The lowest BCUT2D eigenvalue weighted by Crippen LogP contribution is -2.32. The van der Waals surface area contributed by atoms with Crippen LogP contribution in [0.3, 0.4) is 0 Å². The Kier molecular flexibility index (Phi) is 52.2.